The summed E-state index contributed by atoms with van der Waals surface area (Å²) in [6.07, 6.45) is 1.64. The minimum Gasteiger partial charge on any atom is -0.454 e. The third-order valence-corrected chi connectivity index (χ3v) is 4.64. The zero-order valence-electron chi connectivity index (χ0n) is 12.3. The van der Waals surface area contributed by atoms with Gasteiger partial charge >= 0.3 is 0 Å². The molecular weight excluding hydrogens is 310 g/mol. The van der Waals surface area contributed by atoms with Gasteiger partial charge in [0.2, 0.25) is 19.4 Å². The Morgan fingerprint density at radius 1 is 0.875 bits per heavy atom. The molecule has 0 unspecified atom stereocenters. The second-order valence-corrected chi connectivity index (χ2v) is 5.79. The summed E-state index contributed by atoms with van der Waals surface area (Å²) >= 11 is 0. The smallest absolute Gasteiger partial charge is 0.231 e. The maximum Gasteiger partial charge on any atom is 0.231 e. The monoisotopic (exact) mass is 319 g/mol. The molecule has 3 aliphatic rings. The standard InChI is InChI=1S/C18H9NO5/c20-16-9-1-2-10-17(23-6-21-10)13(9)14-12-8(3-4-19-15(12)16)5-11-18(14)24-7-22-11/h1-5H,6-7H2. The van der Waals surface area contributed by atoms with Crippen LogP contribution < -0.4 is 18.9 Å². The third-order valence-electron chi connectivity index (χ3n) is 4.64. The van der Waals surface area contributed by atoms with Crippen molar-refractivity contribution in [2.24, 2.45) is 0 Å². The van der Waals surface area contributed by atoms with Gasteiger partial charge < -0.3 is 18.9 Å². The number of nitrogens with zero attached hydrogens (tertiary/aromatic N) is 1. The van der Waals surface area contributed by atoms with Crippen molar-refractivity contribution in [3.8, 4) is 34.1 Å². The van der Waals surface area contributed by atoms with Crippen LogP contribution in [-0.2, 0) is 0 Å². The van der Waals surface area contributed by atoms with Gasteiger partial charge in [0.05, 0.1) is 0 Å². The van der Waals surface area contributed by atoms with Crippen LogP contribution >= 0.6 is 0 Å². The van der Waals surface area contributed by atoms with E-state index >= 15 is 0 Å². The summed E-state index contributed by atoms with van der Waals surface area (Å²) in [5.74, 6) is 2.35. The summed E-state index contributed by atoms with van der Waals surface area (Å²) < 4.78 is 22.4. The summed E-state index contributed by atoms with van der Waals surface area (Å²) in [4.78, 5) is 17.3. The number of hydrogen-bond acceptors (Lipinski definition) is 6. The molecule has 116 valence electrons. The van der Waals surface area contributed by atoms with Crippen LogP contribution in [0.3, 0.4) is 0 Å². The first-order chi connectivity index (χ1) is 11.8. The van der Waals surface area contributed by atoms with E-state index in [1.165, 1.54) is 0 Å². The van der Waals surface area contributed by atoms with Gasteiger partial charge in [0.15, 0.2) is 23.0 Å². The van der Waals surface area contributed by atoms with E-state index in [0.717, 1.165) is 16.3 Å². The fourth-order valence-corrected chi connectivity index (χ4v) is 3.65. The number of ketones is 1. The zero-order valence-corrected chi connectivity index (χ0v) is 12.3. The highest BCUT2D eigenvalue weighted by molar-refractivity contribution is 6.27. The van der Waals surface area contributed by atoms with Crippen LogP contribution in [0, 0.1) is 0 Å². The van der Waals surface area contributed by atoms with E-state index in [4.69, 9.17) is 18.9 Å². The Kier molecular flexibility index (Phi) is 2.02. The minimum atomic E-state index is -0.125. The van der Waals surface area contributed by atoms with Crippen molar-refractivity contribution in [1.29, 1.82) is 0 Å². The van der Waals surface area contributed by atoms with E-state index in [-0.39, 0.29) is 19.4 Å². The molecule has 0 spiro atoms. The lowest BCUT2D eigenvalue weighted by Gasteiger charge is -2.21. The van der Waals surface area contributed by atoms with Crippen molar-refractivity contribution in [2.45, 2.75) is 0 Å². The quantitative estimate of drug-likeness (QED) is 0.496. The van der Waals surface area contributed by atoms with Gasteiger partial charge in [0.1, 0.15) is 5.69 Å². The Hall–Kier alpha value is -3.28. The fraction of sp³-hybridized carbons (Fsp3) is 0.111. The molecule has 0 amide bonds. The number of rotatable bonds is 0. The van der Waals surface area contributed by atoms with Gasteiger partial charge in [-0.1, -0.05) is 0 Å². The number of fused-ring (bicyclic) bond motifs is 6. The molecule has 6 nitrogen and oxygen atoms in total. The van der Waals surface area contributed by atoms with Gasteiger partial charge in [-0.05, 0) is 29.7 Å². The lowest BCUT2D eigenvalue weighted by Crippen LogP contribution is -2.12. The Morgan fingerprint density at radius 2 is 1.67 bits per heavy atom. The lowest BCUT2D eigenvalue weighted by molar-refractivity contribution is 0.103. The molecule has 0 saturated carbocycles. The number of benzene rings is 2. The van der Waals surface area contributed by atoms with Gasteiger partial charge in [-0.2, -0.15) is 0 Å². The molecule has 6 rings (SSSR count). The van der Waals surface area contributed by atoms with Crippen molar-refractivity contribution in [2.75, 3.05) is 13.6 Å². The average molecular weight is 319 g/mol. The molecule has 0 atom stereocenters. The van der Waals surface area contributed by atoms with Crippen LogP contribution in [0.5, 0.6) is 23.0 Å². The molecule has 2 aromatic carbocycles. The Bertz CT molecular complexity index is 1090. The van der Waals surface area contributed by atoms with E-state index < -0.39 is 0 Å². The molecule has 0 radical (unpaired) electrons. The number of ether oxygens (including phenoxy) is 4. The van der Waals surface area contributed by atoms with Gasteiger partial charge in [-0.25, -0.2) is 0 Å². The summed E-state index contributed by atoms with van der Waals surface area (Å²) in [5, 5.41) is 1.65. The van der Waals surface area contributed by atoms with Gasteiger partial charge in [0.25, 0.3) is 0 Å². The largest absolute Gasteiger partial charge is 0.454 e. The van der Waals surface area contributed by atoms with Crippen LogP contribution in [0.2, 0.25) is 0 Å². The van der Waals surface area contributed by atoms with Crippen molar-refractivity contribution >= 4 is 16.6 Å². The molecule has 0 bridgehead atoms. The van der Waals surface area contributed by atoms with Crippen molar-refractivity contribution < 1.29 is 23.7 Å². The maximum absolute atomic E-state index is 13.0. The first-order valence-corrected chi connectivity index (χ1v) is 7.52. The molecule has 3 aromatic rings. The van der Waals surface area contributed by atoms with Gasteiger partial charge in [-0.3, -0.25) is 9.78 Å². The number of pyridine rings is 1. The van der Waals surface area contributed by atoms with Crippen LogP contribution in [0.25, 0.3) is 21.9 Å². The predicted molar refractivity (Wildman–Crippen MR) is 82.9 cm³/mol. The topological polar surface area (TPSA) is 66.9 Å². The number of hydrogen-bond donors (Lipinski definition) is 0. The van der Waals surface area contributed by atoms with E-state index in [1.807, 2.05) is 12.1 Å². The third kappa shape index (κ3) is 1.28. The molecule has 1 aromatic heterocycles. The van der Waals surface area contributed by atoms with Crippen LogP contribution in [0.15, 0.2) is 30.5 Å². The second-order valence-electron chi connectivity index (χ2n) is 5.79. The molecule has 24 heavy (non-hydrogen) atoms. The highest BCUT2D eigenvalue weighted by Crippen LogP contribution is 2.55. The summed E-state index contributed by atoms with van der Waals surface area (Å²) in [5.41, 5.74) is 2.45. The van der Waals surface area contributed by atoms with Crippen molar-refractivity contribution in [1.82, 2.24) is 4.98 Å². The molecule has 1 aliphatic carbocycles. The SMILES string of the molecule is O=C1c2ccc3c(c2-c2c4c(cc5ccnc1c25)OCO4)OCO3. The molecule has 6 heteroatoms. The minimum absolute atomic E-state index is 0.125. The normalized spacial score (nSPS) is 15.8. The maximum atomic E-state index is 13.0. The second kappa shape index (κ2) is 3.97. The Labute approximate surface area is 135 Å². The molecule has 0 saturated heterocycles. The van der Waals surface area contributed by atoms with Gasteiger partial charge in [-0.15, -0.1) is 0 Å². The summed E-state index contributed by atoms with van der Waals surface area (Å²) in [6, 6.07) is 7.25. The molecule has 2 aliphatic heterocycles. The average Bonchev–Trinajstić information content (AvgIpc) is 3.26. The Morgan fingerprint density at radius 3 is 2.54 bits per heavy atom. The number of carbonyl (C=O) groups is 1. The zero-order chi connectivity index (χ0) is 15.8. The van der Waals surface area contributed by atoms with E-state index in [1.54, 1.807) is 18.3 Å². The highest BCUT2D eigenvalue weighted by Gasteiger charge is 2.36. The Balaban J connectivity index is 1.88. The molecular formula is C18H9NO5. The van der Waals surface area contributed by atoms with Gasteiger partial charge in [0, 0.05) is 28.3 Å². The van der Waals surface area contributed by atoms with E-state index in [0.29, 0.717) is 39.8 Å². The highest BCUT2D eigenvalue weighted by atomic mass is 16.7. The van der Waals surface area contributed by atoms with Crippen LogP contribution in [0.4, 0.5) is 0 Å². The first kappa shape index (κ1) is 12.2. The number of carbonyl (C=O) groups excluding carboxylic acids is 1. The van der Waals surface area contributed by atoms with Crippen molar-refractivity contribution in [3.05, 3.63) is 41.7 Å². The molecule has 0 N–H and O–H groups in total. The van der Waals surface area contributed by atoms with E-state index in [2.05, 4.69) is 4.98 Å². The van der Waals surface area contributed by atoms with E-state index in [9.17, 15) is 4.79 Å². The van der Waals surface area contributed by atoms with Crippen LogP contribution in [-0.4, -0.2) is 24.4 Å². The first-order valence-electron chi connectivity index (χ1n) is 7.52. The van der Waals surface area contributed by atoms with Crippen molar-refractivity contribution in [3.63, 3.8) is 0 Å². The number of aromatic nitrogens is 1. The summed E-state index contributed by atoms with van der Waals surface area (Å²) in [6.45, 7) is 0.284. The predicted octanol–water partition coefficient (Wildman–Crippen LogP) is 2.90. The fourth-order valence-electron chi connectivity index (χ4n) is 3.65. The summed E-state index contributed by atoms with van der Waals surface area (Å²) in [7, 11) is 0. The lowest BCUT2D eigenvalue weighted by atomic mass is 9.84. The molecule has 0 fully saturated rings. The van der Waals surface area contributed by atoms with Crippen LogP contribution in [0.1, 0.15) is 16.1 Å². The molecule has 3 heterocycles.